The number of hydrogen-bond acceptors (Lipinski definition) is 2. The van der Waals surface area contributed by atoms with Gasteiger partial charge in [-0.25, -0.2) is 0 Å². The van der Waals surface area contributed by atoms with Gasteiger partial charge in [0, 0.05) is 12.8 Å². The third kappa shape index (κ3) is 1.14. The second-order valence-corrected chi connectivity index (χ2v) is 2.94. The van der Waals surface area contributed by atoms with Crippen molar-refractivity contribution in [3.63, 3.8) is 0 Å². The quantitative estimate of drug-likeness (QED) is 0.543. The molecule has 0 N–H and O–H groups in total. The number of allylic oxidation sites excluding steroid dienone is 5. The largest absolute Gasteiger partial charge is 0.468 e. The molecule has 0 aromatic carbocycles. The highest BCUT2D eigenvalue weighted by Gasteiger charge is 2.15. The molecule has 2 nitrogen and oxygen atoms in total. The predicted octanol–water partition coefficient (Wildman–Crippen LogP) is 2.42. The third-order valence-electron chi connectivity index (χ3n) is 2.08. The summed E-state index contributed by atoms with van der Waals surface area (Å²) in [4.78, 5) is 0. The van der Waals surface area contributed by atoms with Gasteiger partial charge in [-0.3, -0.25) is 0 Å². The number of nitriles is 1. The van der Waals surface area contributed by atoms with E-state index in [9.17, 15) is 0 Å². The fourth-order valence-corrected chi connectivity index (χ4v) is 1.44. The van der Waals surface area contributed by atoms with E-state index in [0.29, 0.717) is 5.57 Å². The van der Waals surface area contributed by atoms with Crippen LogP contribution in [0.4, 0.5) is 0 Å². The molecule has 0 amide bonds. The summed E-state index contributed by atoms with van der Waals surface area (Å²) in [6, 6.07) is 2.10. The molecule has 12 heavy (non-hydrogen) atoms. The van der Waals surface area contributed by atoms with Gasteiger partial charge in [-0.05, 0) is 12.0 Å². The Balaban J connectivity index is 2.22. The molecule has 0 saturated heterocycles. The average Bonchev–Trinajstić information content (AvgIpc) is 2.17. The van der Waals surface area contributed by atoms with Gasteiger partial charge in [0.15, 0.2) is 0 Å². The molecule has 0 saturated carbocycles. The minimum absolute atomic E-state index is 0.709. The van der Waals surface area contributed by atoms with E-state index in [0.717, 1.165) is 25.0 Å². The van der Waals surface area contributed by atoms with E-state index in [1.807, 2.05) is 0 Å². The van der Waals surface area contributed by atoms with E-state index in [4.69, 9.17) is 10.00 Å². The van der Waals surface area contributed by atoms with Crippen LogP contribution in [0.3, 0.4) is 0 Å². The van der Waals surface area contributed by atoms with E-state index < -0.39 is 0 Å². The average molecular weight is 159 g/mol. The fraction of sp³-hybridized carbons (Fsp3) is 0.300. The molecule has 2 heteroatoms. The highest BCUT2D eigenvalue weighted by molar-refractivity contribution is 5.38. The summed E-state index contributed by atoms with van der Waals surface area (Å²) < 4.78 is 5.33. The minimum Gasteiger partial charge on any atom is -0.468 e. The molecule has 0 aromatic heterocycles. The Labute approximate surface area is 71.4 Å². The highest BCUT2D eigenvalue weighted by Crippen LogP contribution is 2.29. The molecule has 0 bridgehead atoms. The molecular weight excluding hydrogens is 150 g/mol. The molecule has 2 aliphatic rings. The number of nitrogens with zero attached hydrogens (tertiary/aromatic N) is 1. The van der Waals surface area contributed by atoms with E-state index in [-0.39, 0.29) is 0 Å². The molecule has 0 spiro atoms. The van der Waals surface area contributed by atoms with Gasteiger partial charge < -0.3 is 4.74 Å². The van der Waals surface area contributed by atoms with Gasteiger partial charge in [0.2, 0.25) is 0 Å². The Bertz CT molecular complexity index is 328. The summed E-state index contributed by atoms with van der Waals surface area (Å²) in [5, 5.41) is 8.64. The number of rotatable bonds is 0. The zero-order valence-corrected chi connectivity index (χ0v) is 6.71. The Kier molecular flexibility index (Phi) is 1.71. The van der Waals surface area contributed by atoms with E-state index in [1.165, 1.54) is 5.57 Å². The summed E-state index contributed by atoms with van der Waals surface area (Å²) in [6.07, 6.45) is 8.52. The topological polar surface area (TPSA) is 33.0 Å². The normalized spacial score (nSPS) is 20.8. The van der Waals surface area contributed by atoms with Crippen molar-refractivity contribution in [3.8, 4) is 6.07 Å². The SMILES string of the molecule is N#CC1=COC2=C(C=CCC2)C1. The molecule has 0 aromatic rings. The van der Waals surface area contributed by atoms with Gasteiger partial charge in [0.25, 0.3) is 0 Å². The van der Waals surface area contributed by atoms with Crippen LogP contribution in [0.15, 0.2) is 35.3 Å². The van der Waals surface area contributed by atoms with Crippen molar-refractivity contribution < 1.29 is 4.74 Å². The molecule has 60 valence electrons. The van der Waals surface area contributed by atoms with Crippen LogP contribution < -0.4 is 0 Å². The minimum atomic E-state index is 0.709. The zero-order chi connectivity index (χ0) is 8.39. The molecule has 0 unspecified atom stereocenters. The lowest BCUT2D eigenvalue weighted by molar-refractivity contribution is 0.315. The van der Waals surface area contributed by atoms with Crippen molar-refractivity contribution in [1.29, 1.82) is 5.26 Å². The maximum absolute atomic E-state index is 8.64. The van der Waals surface area contributed by atoms with Gasteiger partial charge in [-0.2, -0.15) is 5.26 Å². The van der Waals surface area contributed by atoms with Crippen molar-refractivity contribution in [3.05, 3.63) is 35.3 Å². The van der Waals surface area contributed by atoms with Crippen LogP contribution in [0.1, 0.15) is 19.3 Å². The third-order valence-corrected chi connectivity index (χ3v) is 2.08. The number of ether oxygens (including phenoxy) is 1. The second-order valence-electron chi connectivity index (χ2n) is 2.94. The van der Waals surface area contributed by atoms with Crippen molar-refractivity contribution in [1.82, 2.24) is 0 Å². The fourth-order valence-electron chi connectivity index (χ4n) is 1.44. The first-order valence-corrected chi connectivity index (χ1v) is 4.04. The lowest BCUT2D eigenvalue weighted by Crippen LogP contribution is -2.03. The lowest BCUT2D eigenvalue weighted by atomic mass is 9.97. The van der Waals surface area contributed by atoms with E-state index in [2.05, 4.69) is 18.2 Å². The standard InChI is InChI=1S/C10H9NO/c11-6-8-5-9-3-1-2-4-10(9)12-7-8/h1,3,7H,2,4-5H2. The maximum atomic E-state index is 8.64. The highest BCUT2D eigenvalue weighted by atomic mass is 16.5. The Hall–Kier alpha value is -1.49. The Morgan fingerprint density at radius 3 is 3.25 bits per heavy atom. The smallest absolute Gasteiger partial charge is 0.107 e. The Morgan fingerprint density at radius 2 is 2.42 bits per heavy atom. The van der Waals surface area contributed by atoms with Crippen molar-refractivity contribution in [2.75, 3.05) is 0 Å². The summed E-state index contributed by atoms with van der Waals surface area (Å²) in [5.74, 6) is 1.04. The van der Waals surface area contributed by atoms with Gasteiger partial charge >= 0.3 is 0 Å². The van der Waals surface area contributed by atoms with Crippen LogP contribution in [-0.4, -0.2) is 0 Å². The second kappa shape index (κ2) is 2.86. The predicted molar refractivity (Wildman–Crippen MR) is 44.8 cm³/mol. The summed E-state index contributed by atoms with van der Waals surface area (Å²) >= 11 is 0. The summed E-state index contributed by atoms with van der Waals surface area (Å²) in [5.41, 5.74) is 1.88. The summed E-state index contributed by atoms with van der Waals surface area (Å²) in [7, 11) is 0. The molecule has 1 aliphatic heterocycles. The van der Waals surface area contributed by atoms with E-state index >= 15 is 0 Å². The summed E-state index contributed by atoms with van der Waals surface area (Å²) in [6.45, 7) is 0. The molecule has 1 aliphatic carbocycles. The van der Waals surface area contributed by atoms with Crippen LogP contribution in [0, 0.1) is 11.3 Å². The first kappa shape index (κ1) is 7.17. The zero-order valence-electron chi connectivity index (χ0n) is 6.71. The van der Waals surface area contributed by atoms with Crippen molar-refractivity contribution in [2.24, 2.45) is 0 Å². The molecule has 0 fully saturated rings. The maximum Gasteiger partial charge on any atom is 0.107 e. The van der Waals surface area contributed by atoms with Crippen LogP contribution in [0.25, 0.3) is 0 Å². The first-order valence-electron chi connectivity index (χ1n) is 4.04. The van der Waals surface area contributed by atoms with Gasteiger partial charge in [0.1, 0.15) is 12.0 Å². The van der Waals surface area contributed by atoms with Crippen LogP contribution in [-0.2, 0) is 4.74 Å². The Morgan fingerprint density at radius 1 is 1.50 bits per heavy atom. The molecule has 2 rings (SSSR count). The van der Waals surface area contributed by atoms with Crippen molar-refractivity contribution >= 4 is 0 Å². The first-order chi connectivity index (χ1) is 5.90. The van der Waals surface area contributed by atoms with Crippen LogP contribution >= 0.6 is 0 Å². The monoisotopic (exact) mass is 159 g/mol. The van der Waals surface area contributed by atoms with Crippen molar-refractivity contribution in [2.45, 2.75) is 19.3 Å². The van der Waals surface area contributed by atoms with E-state index in [1.54, 1.807) is 6.26 Å². The van der Waals surface area contributed by atoms with Gasteiger partial charge in [-0.1, -0.05) is 12.2 Å². The number of hydrogen-bond donors (Lipinski definition) is 0. The molecule has 1 heterocycles. The van der Waals surface area contributed by atoms with Crippen LogP contribution in [0.2, 0.25) is 0 Å². The molecule has 0 atom stereocenters. The molecular formula is C10H9NO. The lowest BCUT2D eigenvalue weighted by Gasteiger charge is -2.18. The van der Waals surface area contributed by atoms with Gasteiger partial charge in [-0.15, -0.1) is 0 Å². The van der Waals surface area contributed by atoms with Gasteiger partial charge in [0.05, 0.1) is 11.6 Å². The van der Waals surface area contributed by atoms with Crippen LogP contribution in [0.5, 0.6) is 0 Å². The molecule has 0 radical (unpaired) electrons.